The molecule has 0 rings (SSSR count). The minimum absolute atomic E-state index is 0.347. The summed E-state index contributed by atoms with van der Waals surface area (Å²) in [4.78, 5) is 11.7. The third-order valence-corrected chi connectivity index (χ3v) is 2.06. The lowest BCUT2D eigenvalue weighted by Gasteiger charge is -2.19. The Labute approximate surface area is 103 Å². The maximum absolute atomic E-state index is 11.4. The van der Waals surface area contributed by atoms with Gasteiger partial charge in [-0.1, -0.05) is 58.6 Å². The van der Waals surface area contributed by atoms with Crippen LogP contribution >= 0.6 is 46.4 Å². The Hall–Kier alpha value is 0.110. The van der Waals surface area contributed by atoms with E-state index in [2.05, 4.69) is 0 Å². The van der Waals surface area contributed by atoms with E-state index in [1.54, 1.807) is 12.2 Å². The van der Waals surface area contributed by atoms with Crippen molar-refractivity contribution in [3.05, 3.63) is 23.2 Å². The van der Waals surface area contributed by atoms with Crippen molar-refractivity contribution >= 4 is 52.3 Å². The molecule has 0 heterocycles. The number of carbonyl (C=O) groups excluding carboxylic acids is 1. The molecule has 0 aliphatic heterocycles. The van der Waals surface area contributed by atoms with Crippen molar-refractivity contribution in [3.8, 4) is 0 Å². The normalized spacial score (nSPS) is 11.8. The average molecular weight is 277 g/mol. The summed E-state index contributed by atoms with van der Waals surface area (Å²) in [6.45, 7) is 0.693. The molecule has 0 aromatic heterocycles. The van der Waals surface area contributed by atoms with Crippen LogP contribution in [0.4, 0.5) is 0 Å². The third kappa shape index (κ3) is 5.76. The van der Waals surface area contributed by atoms with E-state index >= 15 is 0 Å². The minimum Gasteiger partial charge on any atom is -0.333 e. The Bertz CT molecular complexity index is 213. The van der Waals surface area contributed by atoms with Gasteiger partial charge in [0.15, 0.2) is 4.84 Å². The molecule has 0 saturated carbocycles. The molecule has 0 spiro atoms. The number of nitrogens with zero attached hydrogens (tertiary/aromatic N) is 1. The summed E-state index contributed by atoms with van der Waals surface area (Å²) in [7, 11) is 0. The van der Waals surface area contributed by atoms with E-state index in [0.717, 1.165) is 0 Å². The van der Waals surface area contributed by atoms with Crippen molar-refractivity contribution < 1.29 is 4.79 Å². The molecule has 0 N–H and O–H groups in total. The molecule has 6 heteroatoms. The Morgan fingerprint density at radius 3 is 1.86 bits per heavy atom. The number of hydrogen-bond acceptors (Lipinski definition) is 1. The van der Waals surface area contributed by atoms with Gasteiger partial charge in [0.1, 0.15) is 0 Å². The van der Waals surface area contributed by atoms with Gasteiger partial charge < -0.3 is 4.90 Å². The van der Waals surface area contributed by atoms with Gasteiger partial charge in [0.25, 0.3) is 5.91 Å². The molecular weight excluding hydrogens is 268 g/mol. The van der Waals surface area contributed by atoms with Gasteiger partial charge in [0.05, 0.1) is 0 Å². The van der Waals surface area contributed by atoms with Crippen LogP contribution in [0.25, 0.3) is 0 Å². The van der Waals surface area contributed by atoms with E-state index in [1.165, 1.54) is 16.0 Å². The van der Waals surface area contributed by atoms with Crippen LogP contribution in [0.3, 0.4) is 0 Å². The molecule has 2 nitrogen and oxygen atoms in total. The second-order valence-corrected chi connectivity index (χ2v) is 3.87. The molecule has 0 radical (unpaired) electrons. The summed E-state index contributed by atoms with van der Waals surface area (Å²) in [5.74, 6) is -0.377. The number of amides is 1. The molecule has 1 amide bonds. The van der Waals surface area contributed by atoms with Crippen LogP contribution < -0.4 is 0 Å². The quantitative estimate of drug-likeness (QED) is 0.707. The van der Waals surface area contributed by atoms with Crippen molar-refractivity contribution in [2.45, 2.75) is 4.84 Å². The molecule has 0 aliphatic rings. The average Bonchev–Trinajstić information content (AvgIpc) is 2.17. The number of carbonyl (C=O) groups is 1. The first-order valence-corrected chi connectivity index (χ1v) is 5.45. The van der Waals surface area contributed by atoms with Crippen LogP contribution in [0.5, 0.6) is 0 Å². The van der Waals surface area contributed by atoms with Crippen molar-refractivity contribution in [2.24, 2.45) is 0 Å². The van der Waals surface area contributed by atoms with E-state index in [9.17, 15) is 4.79 Å². The fourth-order valence-electron chi connectivity index (χ4n) is 0.727. The van der Waals surface area contributed by atoms with E-state index in [0.29, 0.717) is 13.1 Å². The minimum atomic E-state index is -1.07. The van der Waals surface area contributed by atoms with Gasteiger partial charge in [-0.05, 0) is 0 Å². The SMILES string of the molecule is O=C(C(Cl)Cl)N(CC=CCl)CC=CCl. The van der Waals surface area contributed by atoms with Gasteiger partial charge in [-0.2, -0.15) is 0 Å². The molecule has 14 heavy (non-hydrogen) atoms. The number of rotatable bonds is 5. The monoisotopic (exact) mass is 275 g/mol. The molecule has 0 bridgehead atoms. The van der Waals surface area contributed by atoms with E-state index in [-0.39, 0.29) is 5.91 Å². The molecule has 0 atom stereocenters. The molecule has 0 aliphatic carbocycles. The topological polar surface area (TPSA) is 20.3 Å². The Morgan fingerprint density at radius 1 is 1.14 bits per heavy atom. The van der Waals surface area contributed by atoms with Crippen molar-refractivity contribution in [1.82, 2.24) is 4.90 Å². The van der Waals surface area contributed by atoms with Crippen molar-refractivity contribution in [3.63, 3.8) is 0 Å². The molecule has 80 valence electrons. The van der Waals surface area contributed by atoms with Gasteiger partial charge in [-0.25, -0.2) is 0 Å². The summed E-state index contributed by atoms with van der Waals surface area (Å²) in [6, 6.07) is 0. The maximum atomic E-state index is 11.4. The summed E-state index contributed by atoms with van der Waals surface area (Å²) in [6.07, 6.45) is 3.22. The summed E-state index contributed by atoms with van der Waals surface area (Å²) in [5, 5.41) is 0. The zero-order valence-corrected chi connectivity index (χ0v) is 10.2. The highest BCUT2D eigenvalue weighted by Crippen LogP contribution is 2.07. The summed E-state index contributed by atoms with van der Waals surface area (Å²) in [5.41, 5.74) is 2.64. The molecule has 0 aromatic rings. The summed E-state index contributed by atoms with van der Waals surface area (Å²) >= 11 is 21.6. The Morgan fingerprint density at radius 2 is 1.57 bits per heavy atom. The number of alkyl halides is 2. The second-order valence-electron chi connectivity index (χ2n) is 2.27. The lowest BCUT2D eigenvalue weighted by atomic mass is 10.4. The van der Waals surface area contributed by atoms with Gasteiger partial charge >= 0.3 is 0 Å². The van der Waals surface area contributed by atoms with Crippen LogP contribution in [0.1, 0.15) is 0 Å². The van der Waals surface area contributed by atoms with Crippen LogP contribution in [0, 0.1) is 0 Å². The van der Waals surface area contributed by atoms with Gasteiger partial charge in [-0.3, -0.25) is 4.79 Å². The maximum Gasteiger partial charge on any atom is 0.256 e. The second kappa shape index (κ2) is 8.42. The van der Waals surface area contributed by atoms with E-state index < -0.39 is 4.84 Å². The van der Waals surface area contributed by atoms with E-state index in [4.69, 9.17) is 46.4 Å². The van der Waals surface area contributed by atoms with Gasteiger partial charge in [-0.15, -0.1) is 0 Å². The molecule has 0 aromatic carbocycles. The van der Waals surface area contributed by atoms with Crippen molar-refractivity contribution in [2.75, 3.05) is 13.1 Å². The first-order chi connectivity index (χ1) is 6.63. The van der Waals surface area contributed by atoms with Crippen LogP contribution in [-0.2, 0) is 4.79 Å². The summed E-state index contributed by atoms with van der Waals surface area (Å²) < 4.78 is 0. The fraction of sp³-hybridized carbons (Fsp3) is 0.375. The molecule has 0 saturated heterocycles. The van der Waals surface area contributed by atoms with Gasteiger partial charge in [0.2, 0.25) is 0 Å². The highest BCUT2D eigenvalue weighted by atomic mass is 35.5. The number of hydrogen-bond donors (Lipinski definition) is 0. The standard InChI is InChI=1S/C8H9Cl4NO/c9-3-1-5-13(6-2-4-10)8(14)7(11)12/h1-4,7H,5-6H2. The first kappa shape index (κ1) is 14.1. The lowest BCUT2D eigenvalue weighted by molar-refractivity contribution is -0.128. The van der Waals surface area contributed by atoms with Crippen LogP contribution in [-0.4, -0.2) is 28.7 Å². The first-order valence-electron chi connectivity index (χ1n) is 3.70. The predicted octanol–water partition coefficient (Wildman–Crippen LogP) is 3.12. The fourth-order valence-corrected chi connectivity index (χ4v) is 1.16. The lowest BCUT2D eigenvalue weighted by Crippen LogP contribution is -2.35. The van der Waals surface area contributed by atoms with E-state index in [1.807, 2.05) is 0 Å². The molecular formula is C8H9Cl4NO. The van der Waals surface area contributed by atoms with Crippen LogP contribution in [0.15, 0.2) is 23.2 Å². The highest BCUT2D eigenvalue weighted by Gasteiger charge is 2.17. The Kier molecular flexibility index (Phi) is 8.49. The third-order valence-electron chi connectivity index (χ3n) is 1.33. The molecule has 0 unspecified atom stereocenters. The largest absolute Gasteiger partial charge is 0.333 e. The van der Waals surface area contributed by atoms with Crippen molar-refractivity contribution in [1.29, 1.82) is 0 Å². The zero-order valence-electron chi connectivity index (χ0n) is 7.17. The molecule has 0 fully saturated rings. The zero-order chi connectivity index (χ0) is 11.0. The van der Waals surface area contributed by atoms with Crippen LogP contribution in [0.2, 0.25) is 0 Å². The number of halogens is 4. The highest BCUT2D eigenvalue weighted by molar-refractivity contribution is 6.53. The smallest absolute Gasteiger partial charge is 0.256 e. The Balaban J connectivity index is 4.29. The van der Waals surface area contributed by atoms with Gasteiger partial charge in [0, 0.05) is 24.2 Å². The predicted molar refractivity (Wildman–Crippen MR) is 62.1 cm³/mol.